The highest BCUT2D eigenvalue weighted by molar-refractivity contribution is 7.89. The van der Waals surface area contributed by atoms with Crippen LogP contribution in [0.15, 0.2) is 53.9 Å². The third-order valence-electron chi connectivity index (χ3n) is 6.54. The van der Waals surface area contributed by atoms with Crippen LogP contribution in [-0.2, 0) is 42.6 Å². The lowest BCUT2D eigenvalue weighted by molar-refractivity contribution is -0.137. The smallest absolute Gasteiger partial charge is 0.339 e. The number of nitrogens with one attached hydrogen (secondary N) is 1. The van der Waals surface area contributed by atoms with Crippen molar-refractivity contribution in [2.24, 2.45) is 13.0 Å². The van der Waals surface area contributed by atoms with Gasteiger partial charge in [0.05, 0.1) is 11.9 Å². The van der Waals surface area contributed by atoms with Crippen molar-refractivity contribution >= 4 is 10.0 Å². The van der Waals surface area contributed by atoms with Crippen molar-refractivity contribution in [3.63, 3.8) is 0 Å². The Morgan fingerprint density at radius 3 is 2.63 bits per heavy atom. The molecule has 0 saturated carbocycles. The number of nitrogens with zero attached hydrogens (tertiary/aromatic N) is 2. The number of hydrogen-bond donors (Lipinski definition) is 1. The third-order valence-corrected chi connectivity index (χ3v) is 7.82. The molecule has 0 radical (unpaired) electrons. The van der Waals surface area contributed by atoms with Gasteiger partial charge in [-0.25, -0.2) is 22.5 Å². The third kappa shape index (κ3) is 5.59. The van der Waals surface area contributed by atoms with Crippen LogP contribution in [-0.4, -0.2) is 18.0 Å². The fraction of sp³-hybridized carbons (Fsp3) is 0.400. The molecule has 10 heteroatoms. The van der Waals surface area contributed by atoms with Crippen LogP contribution in [0.4, 0.5) is 17.6 Å². The molecule has 2 aromatic carbocycles. The van der Waals surface area contributed by atoms with Gasteiger partial charge in [-0.2, -0.15) is 13.2 Å². The molecule has 3 aromatic rings. The number of aryl methyl sites for hydroxylation is 1. The number of sulfonamides is 1. The van der Waals surface area contributed by atoms with Crippen LogP contribution < -0.4 is 4.72 Å². The molecular formula is C25H27F4N3O2S. The summed E-state index contributed by atoms with van der Waals surface area (Å²) in [7, 11) is -2.28. The molecule has 4 rings (SSSR count). The lowest BCUT2D eigenvalue weighted by Gasteiger charge is -2.21. The summed E-state index contributed by atoms with van der Waals surface area (Å²) in [5, 5.41) is -0.160. The highest BCUT2D eigenvalue weighted by Crippen LogP contribution is 2.43. The lowest BCUT2D eigenvalue weighted by atomic mass is 9.83. The lowest BCUT2D eigenvalue weighted by Crippen LogP contribution is -2.24. The van der Waals surface area contributed by atoms with E-state index in [1.807, 2.05) is 6.92 Å². The van der Waals surface area contributed by atoms with Gasteiger partial charge >= 0.3 is 6.18 Å². The monoisotopic (exact) mass is 509 g/mol. The quantitative estimate of drug-likeness (QED) is 0.416. The molecule has 0 aliphatic heterocycles. The first-order chi connectivity index (χ1) is 16.5. The number of benzene rings is 2. The van der Waals surface area contributed by atoms with Crippen LogP contribution in [0.25, 0.3) is 0 Å². The number of fused-ring (bicyclic) bond motifs is 1. The largest absolute Gasteiger partial charge is 0.416 e. The highest BCUT2D eigenvalue weighted by Gasteiger charge is 2.34. The van der Waals surface area contributed by atoms with E-state index in [1.54, 1.807) is 19.2 Å². The van der Waals surface area contributed by atoms with E-state index < -0.39 is 27.6 Å². The van der Waals surface area contributed by atoms with E-state index in [9.17, 15) is 26.0 Å². The molecule has 5 nitrogen and oxygen atoms in total. The Bertz CT molecular complexity index is 1320. The van der Waals surface area contributed by atoms with Gasteiger partial charge in [-0.05, 0) is 59.9 Å². The summed E-state index contributed by atoms with van der Waals surface area (Å²) in [6.07, 6.45) is 1.08. The SMILES string of the molecule is CCCC1Cc2cc(F)c(CNS(=O)(=O)c3cn(C)cn3)cc2C1Cc1cccc(C(F)(F)F)c1. The number of hydrogen-bond acceptors (Lipinski definition) is 3. The molecule has 35 heavy (non-hydrogen) atoms. The maximum absolute atomic E-state index is 14.9. The summed E-state index contributed by atoms with van der Waals surface area (Å²) in [5.41, 5.74) is 1.77. The number of halogens is 4. The standard InChI is InChI=1S/C25H27F4N3O2S/c1-3-5-17-10-18-12-23(26)19(13-31-35(33,34)24-14-32(2)15-30-24)11-22(18)21(17)9-16-6-4-7-20(8-16)25(27,28)29/h4,6-8,11-12,14-15,17,21,31H,3,5,9-10,13H2,1-2H3. The Balaban J connectivity index is 1.61. The van der Waals surface area contributed by atoms with E-state index in [0.717, 1.165) is 30.0 Å². The average Bonchev–Trinajstić information content (AvgIpc) is 3.36. The van der Waals surface area contributed by atoms with Crippen molar-refractivity contribution in [2.75, 3.05) is 0 Å². The minimum absolute atomic E-state index is 0.0832. The predicted molar refractivity (Wildman–Crippen MR) is 124 cm³/mol. The van der Waals surface area contributed by atoms with Crippen LogP contribution >= 0.6 is 0 Å². The first-order valence-electron chi connectivity index (χ1n) is 11.4. The molecule has 0 bridgehead atoms. The fourth-order valence-electron chi connectivity index (χ4n) is 4.87. The molecule has 0 saturated heterocycles. The topological polar surface area (TPSA) is 64.0 Å². The zero-order valence-electron chi connectivity index (χ0n) is 19.4. The number of alkyl halides is 3. The molecule has 0 amide bonds. The normalized spacial score (nSPS) is 18.1. The van der Waals surface area contributed by atoms with Crippen molar-refractivity contribution in [3.8, 4) is 0 Å². The van der Waals surface area contributed by atoms with Crippen molar-refractivity contribution in [1.29, 1.82) is 0 Å². The van der Waals surface area contributed by atoms with Gasteiger partial charge in [-0.1, -0.05) is 37.6 Å². The van der Waals surface area contributed by atoms with Gasteiger partial charge in [0.1, 0.15) is 5.82 Å². The molecular weight excluding hydrogens is 482 g/mol. The zero-order valence-corrected chi connectivity index (χ0v) is 20.3. The molecule has 0 fully saturated rings. The molecule has 1 heterocycles. The van der Waals surface area contributed by atoms with Gasteiger partial charge in [0, 0.05) is 25.4 Å². The van der Waals surface area contributed by atoms with Gasteiger partial charge < -0.3 is 4.57 Å². The summed E-state index contributed by atoms with van der Waals surface area (Å²) in [4.78, 5) is 3.83. The van der Waals surface area contributed by atoms with E-state index in [1.165, 1.54) is 35.3 Å². The van der Waals surface area contributed by atoms with Gasteiger partial charge in [-0.15, -0.1) is 0 Å². The van der Waals surface area contributed by atoms with E-state index in [-0.39, 0.29) is 29.0 Å². The Labute approximate surface area is 202 Å². The second kappa shape index (κ2) is 9.73. The maximum Gasteiger partial charge on any atom is 0.416 e. The summed E-state index contributed by atoms with van der Waals surface area (Å²) >= 11 is 0. The molecule has 2 atom stereocenters. The predicted octanol–water partition coefficient (Wildman–Crippen LogP) is 5.36. The zero-order chi connectivity index (χ0) is 25.4. The fourth-order valence-corrected chi connectivity index (χ4v) is 5.85. The number of rotatable bonds is 8. The summed E-state index contributed by atoms with van der Waals surface area (Å²) in [6, 6.07) is 8.42. The first-order valence-corrected chi connectivity index (χ1v) is 12.9. The van der Waals surface area contributed by atoms with Crippen molar-refractivity contribution in [1.82, 2.24) is 14.3 Å². The number of aromatic nitrogens is 2. The van der Waals surface area contributed by atoms with E-state index >= 15 is 0 Å². The Morgan fingerprint density at radius 1 is 1.20 bits per heavy atom. The van der Waals surface area contributed by atoms with Gasteiger partial charge in [0.2, 0.25) is 0 Å². The molecule has 0 spiro atoms. The van der Waals surface area contributed by atoms with Crippen LogP contribution in [0.5, 0.6) is 0 Å². The van der Waals surface area contributed by atoms with E-state index in [0.29, 0.717) is 18.4 Å². The van der Waals surface area contributed by atoms with Gasteiger partial charge in [-0.3, -0.25) is 0 Å². The molecule has 1 aromatic heterocycles. The minimum atomic E-state index is -4.42. The second-order valence-corrected chi connectivity index (χ2v) is 10.8. The molecule has 1 N–H and O–H groups in total. The van der Waals surface area contributed by atoms with Crippen LogP contribution in [0.2, 0.25) is 0 Å². The van der Waals surface area contributed by atoms with Crippen LogP contribution in [0.1, 0.15) is 53.5 Å². The molecule has 1 aliphatic rings. The average molecular weight is 510 g/mol. The Morgan fingerprint density at radius 2 is 1.97 bits per heavy atom. The Kier molecular flexibility index (Phi) is 7.06. The van der Waals surface area contributed by atoms with E-state index in [4.69, 9.17) is 0 Å². The number of imidazole rings is 1. The molecule has 2 unspecified atom stereocenters. The first kappa shape index (κ1) is 25.4. The molecule has 188 valence electrons. The second-order valence-electron chi connectivity index (χ2n) is 9.11. The Hall–Kier alpha value is -2.72. The van der Waals surface area contributed by atoms with Crippen molar-refractivity contribution in [3.05, 3.63) is 82.6 Å². The van der Waals surface area contributed by atoms with E-state index in [2.05, 4.69) is 9.71 Å². The van der Waals surface area contributed by atoms with Crippen LogP contribution in [0.3, 0.4) is 0 Å². The van der Waals surface area contributed by atoms with Crippen molar-refractivity contribution in [2.45, 2.75) is 56.3 Å². The van der Waals surface area contributed by atoms with Gasteiger partial charge in [0.25, 0.3) is 10.0 Å². The minimum Gasteiger partial charge on any atom is -0.339 e. The van der Waals surface area contributed by atoms with Crippen molar-refractivity contribution < 1.29 is 26.0 Å². The highest BCUT2D eigenvalue weighted by atomic mass is 32.2. The summed E-state index contributed by atoms with van der Waals surface area (Å²) < 4.78 is 83.5. The van der Waals surface area contributed by atoms with Crippen LogP contribution in [0, 0.1) is 11.7 Å². The summed E-state index contributed by atoms with van der Waals surface area (Å²) in [6.45, 7) is 1.79. The maximum atomic E-state index is 14.9. The molecule has 1 aliphatic carbocycles. The van der Waals surface area contributed by atoms with Gasteiger partial charge in [0.15, 0.2) is 5.03 Å². The summed E-state index contributed by atoms with van der Waals surface area (Å²) in [5.74, 6) is -0.424.